The molecule has 8 heteroatoms. The molecule has 2 amide bonds. The quantitative estimate of drug-likeness (QED) is 0.576. The Hall–Kier alpha value is -3.42. The van der Waals surface area contributed by atoms with Gasteiger partial charge in [-0.1, -0.05) is 18.2 Å². The van der Waals surface area contributed by atoms with Gasteiger partial charge in [-0.05, 0) is 43.5 Å². The van der Waals surface area contributed by atoms with Crippen molar-refractivity contribution in [2.45, 2.75) is 25.8 Å². The van der Waals surface area contributed by atoms with Gasteiger partial charge in [0, 0.05) is 12.1 Å². The maximum Gasteiger partial charge on any atom is 0.311 e. The van der Waals surface area contributed by atoms with Crippen molar-refractivity contribution in [3.05, 3.63) is 63.7 Å². The first-order chi connectivity index (χ1) is 12.9. The fraction of sp³-hybridized carbons (Fsp3) is 0.263. The van der Waals surface area contributed by atoms with Gasteiger partial charge in [0.05, 0.1) is 16.2 Å². The fourth-order valence-corrected chi connectivity index (χ4v) is 2.50. The van der Waals surface area contributed by atoms with E-state index in [2.05, 4.69) is 10.6 Å². The third-order valence-corrected chi connectivity index (χ3v) is 4.03. The number of aryl methyl sites for hydroxylation is 1. The maximum absolute atomic E-state index is 12.3. The van der Waals surface area contributed by atoms with Gasteiger partial charge in [-0.15, -0.1) is 0 Å². The summed E-state index contributed by atoms with van der Waals surface area (Å²) in [6.07, 6.45) is 1.92. The van der Waals surface area contributed by atoms with E-state index >= 15 is 0 Å². The number of carbonyl (C=O) groups excluding carboxylic acids is 2. The summed E-state index contributed by atoms with van der Waals surface area (Å²) in [5.74, 6) is -0.749. The van der Waals surface area contributed by atoms with Crippen LogP contribution in [0.2, 0.25) is 0 Å². The van der Waals surface area contributed by atoms with Crippen molar-refractivity contribution >= 4 is 23.2 Å². The number of anilines is 1. The first-order valence-corrected chi connectivity index (χ1v) is 8.51. The number of ether oxygens (including phenoxy) is 1. The van der Waals surface area contributed by atoms with Crippen LogP contribution in [0.5, 0.6) is 5.75 Å². The molecule has 0 spiro atoms. The first kappa shape index (κ1) is 18.4. The van der Waals surface area contributed by atoms with Gasteiger partial charge < -0.3 is 15.4 Å². The molecule has 1 fully saturated rings. The van der Waals surface area contributed by atoms with Gasteiger partial charge in [-0.2, -0.15) is 0 Å². The molecule has 140 valence electrons. The van der Waals surface area contributed by atoms with Crippen molar-refractivity contribution in [1.82, 2.24) is 5.32 Å². The Morgan fingerprint density at radius 1 is 1.22 bits per heavy atom. The van der Waals surface area contributed by atoms with Gasteiger partial charge in [0.15, 0.2) is 12.4 Å². The van der Waals surface area contributed by atoms with Crippen LogP contribution in [0.3, 0.4) is 0 Å². The van der Waals surface area contributed by atoms with Crippen LogP contribution in [0.4, 0.5) is 11.4 Å². The van der Waals surface area contributed by atoms with Crippen LogP contribution in [0.15, 0.2) is 42.5 Å². The molecule has 2 N–H and O–H groups in total. The Labute approximate surface area is 155 Å². The second-order valence-corrected chi connectivity index (χ2v) is 6.36. The fourth-order valence-electron chi connectivity index (χ4n) is 2.50. The number of nitro groups is 1. The summed E-state index contributed by atoms with van der Waals surface area (Å²) in [5, 5.41) is 16.6. The van der Waals surface area contributed by atoms with Gasteiger partial charge in [-0.3, -0.25) is 19.7 Å². The molecule has 0 saturated heterocycles. The molecular weight excluding hydrogens is 350 g/mol. The minimum atomic E-state index is -0.558. The van der Waals surface area contributed by atoms with E-state index in [1.807, 2.05) is 0 Å². The molecule has 0 aromatic heterocycles. The highest BCUT2D eigenvalue weighted by atomic mass is 16.6. The summed E-state index contributed by atoms with van der Waals surface area (Å²) in [7, 11) is 0. The molecule has 1 aliphatic carbocycles. The van der Waals surface area contributed by atoms with Gasteiger partial charge in [-0.25, -0.2) is 0 Å². The van der Waals surface area contributed by atoms with Crippen LogP contribution in [-0.2, 0) is 4.79 Å². The van der Waals surface area contributed by atoms with Gasteiger partial charge in [0.25, 0.3) is 11.8 Å². The van der Waals surface area contributed by atoms with E-state index in [9.17, 15) is 19.7 Å². The molecule has 0 radical (unpaired) electrons. The summed E-state index contributed by atoms with van der Waals surface area (Å²) in [6, 6.07) is 11.4. The molecule has 27 heavy (non-hydrogen) atoms. The average Bonchev–Trinajstić information content (AvgIpc) is 3.45. The highest BCUT2D eigenvalue weighted by Crippen LogP contribution is 2.27. The summed E-state index contributed by atoms with van der Waals surface area (Å²) < 4.78 is 5.31. The van der Waals surface area contributed by atoms with Crippen molar-refractivity contribution in [2.24, 2.45) is 0 Å². The number of benzene rings is 2. The minimum absolute atomic E-state index is 0.0144. The Morgan fingerprint density at radius 3 is 2.67 bits per heavy atom. The maximum atomic E-state index is 12.3. The summed E-state index contributed by atoms with van der Waals surface area (Å²) in [4.78, 5) is 35.0. The van der Waals surface area contributed by atoms with Crippen molar-refractivity contribution in [1.29, 1.82) is 0 Å². The molecule has 3 rings (SSSR count). The lowest BCUT2D eigenvalue weighted by Gasteiger charge is -2.12. The predicted octanol–water partition coefficient (Wildman–Crippen LogP) is 2.81. The molecule has 1 saturated carbocycles. The van der Waals surface area contributed by atoms with E-state index in [4.69, 9.17) is 4.74 Å². The molecule has 0 unspecified atom stereocenters. The number of nitrogens with zero attached hydrogens (tertiary/aromatic N) is 1. The molecule has 2 aromatic carbocycles. The topological polar surface area (TPSA) is 111 Å². The number of amides is 2. The number of nitrogens with one attached hydrogen (secondary N) is 2. The average molecular weight is 369 g/mol. The van der Waals surface area contributed by atoms with Crippen LogP contribution in [-0.4, -0.2) is 29.4 Å². The molecular formula is C19H19N3O5. The van der Waals surface area contributed by atoms with Crippen LogP contribution >= 0.6 is 0 Å². The molecule has 1 aliphatic rings. The Balaban J connectivity index is 1.65. The summed E-state index contributed by atoms with van der Waals surface area (Å²) in [6.45, 7) is 1.32. The lowest BCUT2D eigenvalue weighted by molar-refractivity contribution is -0.385. The molecule has 0 heterocycles. The predicted molar refractivity (Wildman–Crippen MR) is 98.9 cm³/mol. The normalized spacial score (nSPS) is 12.9. The zero-order valence-electron chi connectivity index (χ0n) is 14.7. The summed E-state index contributed by atoms with van der Waals surface area (Å²) >= 11 is 0. The number of hydrogen-bond acceptors (Lipinski definition) is 5. The highest BCUT2D eigenvalue weighted by molar-refractivity contribution is 6.04. The van der Waals surface area contributed by atoms with E-state index in [1.165, 1.54) is 12.1 Å². The molecule has 2 aromatic rings. The second-order valence-electron chi connectivity index (χ2n) is 6.36. The number of carbonyl (C=O) groups is 2. The Kier molecular flexibility index (Phi) is 5.35. The smallest absolute Gasteiger partial charge is 0.311 e. The number of rotatable bonds is 7. The summed E-state index contributed by atoms with van der Waals surface area (Å²) in [5.41, 5.74) is 1.24. The molecule has 0 atom stereocenters. The van der Waals surface area contributed by atoms with Gasteiger partial charge >= 0.3 is 5.69 Å². The molecule has 8 nitrogen and oxygen atoms in total. The lowest BCUT2D eigenvalue weighted by Crippen LogP contribution is -2.28. The monoisotopic (exact) mass is 369 g/mol. The first-order valence-electron chi connectivity index (χ1n) is 8.51. The second kappa shape index (κ2) is 7.86. The van der Waals surface area contributed by atoms with Crippen molar-refractivity contribution < 1.29 is 19.2 Å². The van der Waals surface area contributed by atoms with E-state index < -0.39 is 17.4 Å². The Morgan fingerprint density at radius 2 is 1.96 bits per heavy atom. The highest BCUT2D eigenvalue weighted by Gasteiger charge is 2.25. The van der Waals surface area contributed by atoms with Crippen LogP contribution < -0.4 is 15.4 Å². The van der Waals surface area contributed by atoms with Crippen LogP contribution in [0.25, 0.3) is 0 Å². The lowest BCUT2D eigenvalue weighted by atomic mass is 10.1. The molecule has 0 aliphatic heterocycles. The van der Waals surface area contributed by atoms with E-state index in [0.717, 1.165) is 12.8 Å². The van der Waals surface area contributed by atoms with Crippen LogP contribution in [0, 0.1) is 17.0 Å². The third kappa shape index (κ3) is 4.81. The Bertz CT molecular complexity index is 893. The van der Waals surface area contributed by atoms with Crippen molar-refractivity contribution in [2.75, 3.05) is 11.9 Å². The zero-order valence-corrected chi connectivity index (χ0v) is 14.7. The largest absolute Gasteiger partial charge is 0.477 e. The zero-order chi connectivity index (χ0) is 19.4. The van der Waals surface area contributed by atoms with E-state index in [0.29, 0.717) is 16.8 Å². The van der Waals surface area contributed by atoms with Crippen molar-refractivity contribution in [3.8, 4) is 5.75 Å². The number of para-hydroxylation sites is 1. The van der Waals surface area contributed by atoms with E-state index in [1.54, 1.807) is 37.3 Å². The SMILES string of the molecule is Cc1ccc(OCC(=O)Nc2ccccc2C(=O)NC2CC2)c([N+](=O)[O-])c1. The van der Waals surface area contributed by atoms with E-state index in [-0.39, 0.29) is 23.4 Å². The van der Waals surface area contributed by atoms with Crippen LogP contribution in [0.1, 0.15) is 28.8 Å². The van der Waals surface area contributed by atoms with Gasteiger partial charge in [0.1, 0.15) is 0 Å². The standard InChI is InChI=1S/C19H19N3O5/c1-12-6-9-17(16(10-12)22(25)26)27-11-18(23)21-15-5-3-2-4-14(15)19(24)20-13-7-8-13/h2-6,9-10,13H,7-8,11H2,1H3,(H,20,24)(H,21,23). The number of hydrogen-bond donors (Lipinski definition) is 2. The third-order valence-electron chi connectivity index (χ3n) is 4.03. The molecule has 0 bridgehead atoms. The van der Waals surface area contributed by atoms with Gasteiger partial charge in [0.2, 0.25) is 0 Å². The van der Waals surface area contributed by atoms with Crippen molar-refractivity contribution in [3.63, 3.8) is 0 Å². The minimum Gasteiger partial charge on any atom is -0.477 e. The number of nitro benzene ring substituents is 1.